The largest absolute Gasteiger partial charge is 0.360 e. The van der Waals surface area contributed by atoms with Crippen molar-refractivity contribution in [3.63, 3.8) is 0 Å². The van der Waals surface area contributed by atoms with Crippen molar-refractivity contribution in [2.75, 3.05) is 10.6 Å². The average molecular weight is 330 g/mol. The summed E-state index contributed by atoms with van der Waals surface area (Å²) in [5, 5.41) is 23.8. The SMILES string of the molecule is CC(C)c1ccc(N/C=C(/C#N)C(=O)Nc2ccccc2C#N)cc1. The Balaban J connectivity index is 2.10. The number of carbonyl (C=O) groups excluding carboxylic acids is 1. The highest BCUT2D eigenvalue weighted by atomic mass is 16.1. The van der Waals surface area contributed by atoms with Crippen molar-refractivity contribution in [1.82, 2.24) is 0 Å². The molecule has 2 aromatic carbocycles. The van der Waals surface area contributed by atoms with Crippen LogP contribution in [0, 0.1) is 22.7 Å². The second-order valence-corrected chi connectivity index (χ2v) is 5.70. The topological polar surface area (TPSA) is 88.7 Å². The third-order valence-corrected chi connectivity index (χ3v) is 3.62. The molecule has 0 atom stereocenters. The molecule has 0 aromatic heterocycles. The van der Waals surface area contributed by atoms with Crippen LogP contribution in [0.2, 0.25) is 0 Å². The van der Waals surface area contributed by atoms with Gasteiger partial charge in [-0.1, -0.05) is 38.1 Å². The summed E-state index contributed by atoms with van der Waals surface area (Å²) in [4.78, 5) is 12.2. The van der Waals surface area contributed by atoms with Gasteiger partial charge in [0.1, 0.15) is 17.7 Å². The Kier molecular flexibility index (Phi) is 5.92. The first kappa shape index (κ1) is 17.8. The van der Waals surface area contributed by atoms with Gasteiger partial charge in [0.2, 0.25) is 0 Å². The van der Waals surface area contributed by atoms with Crippen LogP contribution in [0.25, 0.3) is 0 Å². The molecule has 0 unspecified atom stereocenters. The summed E-state index contributed by atoms with van der Waals surface area (Å²) in [6.07, 6.45) is 1.36. The first-order valence-corrected chi connectivity index (χ1v) is 7.82. The van der Waals surface area contributed by atoms with Gasteiger partial charge in [-0.3, -0.25) is 4.79 Å². The molecule has 2 rings (SSSR count). The molecule has 5 heteroatoms. The Hall–Kier alpha value is -3.57. The molecule has 0 saturated carbocycles. The van der Waals surface area contributed by atoms with Crippen molar-refractivity contribution in [2.45, 2.75) is 19.8 Å². The van der Waals surface area contributed by atoms with E-state index in [9.17, 15) is 10.1 Å². The molecule has 0 saturated heterocycles. The molecule has 2 N–H and O–H groups in total. The van der Waals surface area contributed by atoms with Gasteiger partial charge >= 0.3 is 0 Å². The second-order valence-electron chi connectivity index (χ2n) is 5.70. The fraction of sp³-hybridized carbons (Fsp3) is 0.150. The number of hydrogen-bond donors (Lipinski definition) is 2. The monoisotopic (exact) mass is 330 g/mol. The maximum Gasteiger partial charge on any atom is 0.267 e. The summed E-state index contributed by atoms with van der Waals surface area (Å²) in [6.45, 7) is 4.22. The highest BCUT2D eigenvalue weighted by Gasteiger charge is 2.11. The molecule has 0 spiro atoms. The van der Waals surface area contributed by atoms with Crippen LogP contribution in [0.5, 0.6) is 0 Å². The molecule has 2 aromatic rings. The minimum absolute atomic E-state index is 0.0827. The molecule has 1 amide bonds. The van der Waals surface area contributed by atoms with Crippen LogP contribution in [-0.4, -0.2) is 5.91 Å². The lowest BCUT2D eigenvalue weighted by Gasteiger charge is -2.08. The van der Waals surface area contributed by atoms with E-state index in [1.165, 1.54) is 11.8 Å². The lowest BCUT2D eigenvalue weighted by Crippen LogP contribution is -2.15. The molecule has 25 heavy (non-hydrogen) atoms. The summed E-state index contributed by atoms with van der Waals surface area (Å²) >= 11 is 0. The predicted octanol–water partition coefficient (Wildman–Crippen LogP) is 4.14. The van der Waals surface area contributed by atoms with Crippen molar-refractivity contribution in [2.24, 2.45) is 0 Å². The number of nitriles is 2. The molecule has 0 heterocycles. The van der Waals surface area contributed by atoms with Crippen molar-refractivity contribution in [3.05, 3.63) is 71.4 Å². The lowest BCUT2D eigenvalue weighted by atomic mass is 10.0. The number of para-hydroxylation sites is 1. The van der Waals surface area contributed by atoms with E-state index in [2.05, 4.69) is 24.5 Å². The summed E-state index contributed by atoms with van der Waals surface area (Å²) < 4.78 is 0. The zero-order valence-corrected chi connectivity index (χ0v) is 14.1. The van der Waals surface area contributed by atoms with Gasteiger partial charge in [-0.25, -0.2) is 0 Å². The van der Waals surface area contributed by atoms with Gasteiger partial charge in [-0.05, 0) is 35.7 Å². The van der Waals surface area contributed by atoms with Crippen LogP contribution in [-0.2, 0) is 4.79 Å². The Morgan fingerprint density at radius 3 is 2.36 bits per heavy atom. The highest BCUT2D eigenvalue weighted by molar-refractivity contribution is 6.07. The summed E-state index contributed by atoms with van der Waals surface area (Å²) in [5.41, 5.74) is 2.62. The summed E-state index contributed by atoms with van der Waals surface area (Å²) in [6, 6.07) is 18.3. The van der Waals surface area contributed by atoms with E-state index in [4.69, 9.17) is 5.26 Å². The van der Waals surface area contributed by atoms with E-state index in [0.717, 1.165) is 5.69 Å². The average Bonchev–Trinajstić information content (AvgIpc) is 2.63. The number of hydrogen-bond acceptors (Lipinski definition) is 4. The smallest absolute Gasteiger partial charge is 0.267 e. The van der Waals surface area contributed by atoms with Crippen LogP contribution >= 0.6 is 0 Å². The Labute approximate surface area is 147 Å². The number of nitrogens with zero attached hydrogens (tertiary/aromatic N) is 2. The second kappa shape index (κ2) is 8.33. The molecular formula is C20H18N4O. The zero-order chi connectivity index (χ0) is 18.2. The summed E-state index contributed by atoms with van der Waals surface area (Å²) in [7, 11) is 0. The van der Waals surface area contributed by atoms with Crippen LogP contribution in [0.3, 0.4) is 0 Å². The quantitative estimate of drug-likeness (QED) is 0.637. The molecule has 0 aliphatic rings. The van der Waals surface area contributed by atoms with Crippen LogP contribution in [0.4, 0.5) is 11.4 Å². The zero-order valence-electron chi connectivity index (χ0n) is 14.1. The van der Waals surface area contributed by atoms with Crippen molar-refractivity contribution >= 4 is 17.3 Å². The fourth-order valence-corrected chi connectivity index (χ4v) is 2.15. The number of carbonyl (C=O) groups is 1. The van der Waals surface area contributed by atoms with Crippen molar-refractivity contribution in [1.29, 1.82) is 10.5 Å². The number of amides is 1. The maximum absolute atomic E-state index is 12.2. The van der Waals surface area contributed by atoms with Gasteiger partial charge in [0.25, 0.3) is 5.91 Å². The van der Waals surface area contributed by atoms with E-state index in [-0.39, 0.29) is 5.57 Å². The van der Waals surface area contributed by atoms with Gasteiger partial charge in [-0.2, -0.15) is 10.5 Å². The van der Waals surface area contributed by atoms with E-state index in [1.54, 1.807) is 24.3 Å². The molecule has 0 aliphatic heterocycles. The van der Waals surface area contributed by atoms with Gasteiger partial charge in [0, 0.05) is 11.9 Å². The minimum Gasteiger partial charge on any atom is -0.360 e. The third kappa shape index (κ3) is 4.70. The molecule has 0 aliphatic carbocycles. The third-order valence-electron chi connectivity index (χ3n) is 3.62. The molecule has 5 nitrogen and oxygen atoms in total. The normalized spacial score (nSPS) is 10.7. The number of rotatable bonds is 5. The van der Waals surface area contributed by atoms with Crippen LogP contribution < -0.4 is 10.6 Å². The molecule has 0 fully saturated rings. The van der Waals surface area contributed by atoms with E-state index < -0.39 is 5.91 Å². The standard InChI is InChI=1S/C20H18N4O/c1-14(2)15-7-9-18(10-8-15)23-13-17(12-22)20(25)24-19-6-4-3-5-16(19)11-21/h3-10,13-14,23H,1-2H3,(H,24,25)/b17-13-. The molecule has 0 radical (unpaired) electrons. The van der Waals surface area contributed by atoms with E-state index >= 15 is 0 Å². The van der Waals surface area contributed by atoms with Gasteiger partial charge in [0.15, 0.2) is 0 Å². The van der Waals surface area contributed by atoms with Gasteiger partial charge in [0.05, 0.1) is 11.3 Å². The Morgan fingerprint density at radius 1 is 1.08 bits per heavy atom. The minimum atomic E-state index is -0.573. The van der Waals surface area contributed by atoms with Crippen LogP contribution in [0.15, 0.2) is 60.3 Å². The molecular weight excluding hydrogens is 312 g/mol. The van der Waals surface area contributed by atoms with Crippen molar-refractivity contribution < 1.29 is 4.79 Å². The first-order chi connectivity index (χ1) is 12.0. The lowest BCUT2D eigenvalue weighted by molar-refractivity contribution is -0.112. The first-order valence-electron chi connectivity index (χ1n) is 7.82. The number of nitrogens with one attached hydrogen (secondary N) is 2. The molecule has 124 valence electrons. The fourth-order valence-electron chi connectivity index (χ4n) is 2.15. The van der Waals surface area contributed by atoms with E-state index in [0.29, 0.717) is 17.2 Å². The summed E-state index contributed by atoms with van der Waals surface area (Å²) in [5.74, 6) is -0.137. The van der Waals surface area contributed by atoms with Gasteiger partial charge in [-0.15, -0.1) is 0 Å². The predicted molar refractivity (Wildman–Crippen MR) is 97.6 cm³/mol. The van der Waals surface area contributed by atoms with Crippen LogP contribution in [0.1, 0.15) is 30.9 Å². The Morgan fingerprint density at radius 2 is 1.76 bits per heavy atom. The van der Waals surface area contributed by atoms with Gasteiger partial charge < -0.3 is 10.6 Å². The highest BCUT2D eigenvalue weighted by Crippen LogP contribution is 2.18. The maximum atomic E-state index is 12.2. The number of anilines is 2. The van der Waals surface area contributed by atoms with Crippen molar-refractivity contribution in [3.8, 4) is 12.1 Å². The molecule has 0 bridgehead atoms. The number of benzene rings is 2. The van der Waals surface area contributed by atoms with E-state index in [1.807, 2.05) is 36.4 Å². The Bertz CT molecular complexity index is 868.